The number of aromatic nitrogens is 1. The van der Waals surface area contributed by atoms with E-state index in [1.54, 1.807) is 0 Å². The Kier molecular flexibility index (Phi) is 4.20. The van der Waals surface area contributed by atoms with Crippen molar-refractivity contribution in [3.63, 3.8) is 0 Å². The topological polar surface area (TPSA) is 51.4 Å². The number of hydrogen-bond donors (Lipinski definition) is 1. The summed E-state index contributed by atoms with van der Waals surface area (Å²) in [6, 6.07) is 4.32. The van der Waals surface area contributed by atoms with E-state index in [9.17, 15) is 0 Å². The van der Waals surface area contributed by atoms with Gasteiger partial charge in [-0.25, -0.2) is 4.98 Å². The van der Waals surface area contributed by atoms with Crippen molar-refractivity contribution in [2.45, 2.75) is 32.2 Å². The van der Waals surface area contributed by atoms with E-state index in [-0.39, 0.29) is 0 Å². The van der Waals surface area contributed by atoms with Crippen molar-refractivity contribution in [3.05, 3.63) is 18.3 Å². The fraction of sp³-hybridized carbons (Fsp3) is 0.615. The van der Waals surface area contributed by atoms with Crippen molar-refractivity contribution < 1.29 is 4.74 Å². The molecule has 1 aromatic rings. The summed E-state index contributed by atoms with van der Waals surface area (Å²) in [7, 11) is 0. The van der Waals surface area contributed by atoms with Gasteiger partial charge in [0, 0.05) is 25.3 Å². The van der Waals surface area contributed by atoms with Crippen LogP contribution in [0.3, 0.4) is 0 Å². The Morgan fingerprint density at radius 2 is 2.47 bits per heavy atom. The Morgan fingerprint density at radius 1 is 1.59 bits per heavy atom. The minimum Gasteiger partial charge on any atom is -0.490 e. The summed E-state index contributed by atoms with van der Waals surface area (Å²) in [6.45, 7) is 4.56. The number of nitrogens with two attached hydrogens (primary N) is 1. The number of nitrogens with zero attached hydrogens (tertiary/aromatic N) is 2. The molecule has 2 rings (SSSR count). The molecule has 0 radical (unpaired) electrons. The number of rotatable bonds is 5. The van der Waals surface area contributed by atoms with Crippen LogP contribution in [0, 0.1) is 0 Å². The van der Waals surface area contributed by atoms with Gasteiger partial charge in [-0.3, -0.25) is 0 Å². The molecule has 4 heteroatoms. The molecule has 94 valence electrons. The van der Waals surface area contributed by atoms with Gasteiger partial charge in [-0.15, -0.1) is 0 Å². The van der Waals surface area contributed by atoms with E-state index in [2.05, 4.69) is 16.8 Å². The van der Waals surface area contributed by atoms with E-state index in [0.29, 0.717) is 12.6 Å². The highest BCUT2D eigenvalue weighted by molar-refractivity contribution is 5.53. The second kappa shape index (κ2) is 5.87. The van der Waals surface area contributed by atoms with Crippen molar-refractivity contribution in [2.75, 3.05) is 24.6 Å². The molecule has 1 aliphatic heterocycles. The first kappa shape index (κ1) is 12.2. The van der Waals surface area contributed by atoms with Crippen LogP contribution in [0.4, 0.5) is 5.82 Å². The normalized spacial score (nSPS) is 19.6. The lowest BCUT2D eigenvalue weighted by Gasteiger charge is -2.26. The second-order valence-electron chi connectivity index (χ2n) is 4.40. The molecule has 1 unspecified atom stereocenters. The number of hydrogen-bond acceptors (Lipinski definition) is 4. The highest BCUT2D eigenvalue weighted by atomic mass is 16.5. The third-order valence-electron chi connectivity index (χ3n) is 3.13. The zero-order chi connectivity index (χ0) is 12.1. The highest BCUT2D eigenvalue weighted by Gasteiger charge is 2.26. The fourth-order valence-electron chi connectivity index (χ4n) is 2.28. The zero-order valence-electron chi connectivity index (χ0n) is 10.4. The summed E-state index contributed by atoms with van der Waals surface area (Å²) in [5.74, 6) is 1.84. The van der Waals surface area contributed by atoms with Gasteiger partial charge in [-0.05, 0) is 31.4 Å². The predicted octanol–water partition coefficient (Wildman–Crippen LogP) is 1.80. The molecule has 1 atom stereocenters. The predicted molar refractivity (Wildman–Crippen MR) is 69.4 cm³/mol. The van der Waals surface area contributed by atoms with Gasteiger partial charge < -0.3 is 15.4 Å². The highest BCUT2D eigenvalue weighted by Crippen LogP contribution is 2.31. The lowest BCUT2D eigenvalue weighted by molar-refractivity contribution is 0.316. The van der Waals surface area contributed by atoms with Gasteiger partial charge in [0.15, 0.2) is 11.6 Å². The fourth-order valence-corrected chi connectivity index (χ4v) is 2.28. The molecule has 0 bridgehead atoms. The second-order valence-corrected chi connectivity index (χ2v) is 4.40. The van der Waals surface area contributed by atoms with Gasteiger partial charge in [0.05, 0.1) is 6.61 Å². The van der Waals surface area contributed by atoms with Crippen molar-refractivity contribution in [1.29, 1.82) is 0 Å². The molecule has 2 heterocycles. The van der Waals surface area contributed by atoms with E-state index < -0.39 is 0 Å². The summed E-state index contributed by atoms with van der Waals surface area (Å²) in [6.07, 6.45) is 5.17. The van der Waals surface area contributed by atoms with Crippen LogP contribution in [0.2, 0.25) is 0 Å². The van der Waals surface area contributed by atoms with Crippen molar-refractivity contribution in [3.8, 4) is 5.75 Å². The Labute approximate surface area is 103 Å². The van der Waals surface area contributed by atoms with E-state index in [1.807, 2.05) is 18.3 Å². The molecule has 0 spiro atoms. The molecule has 0 aliphatic carbocycles. The molecule has 1 fully saturated rings. The first-order valence-electron chi connectivity index (χ1n) is 6.41. The summed E-state index contributed by atoms with van der Waals surface area (Å²) < 4.78 is 5.75. The first-order valence-corrected chi connectivity index (χ1v) is 6.41. The average Bonchev–Trinajstić information content (AvgIpc) is 2.84. The van der Waals surface area contributed by atoms with Gasteiger partial charge in [-0.1, -0.05) is 6.92 Å². The molecule has 0 aromatic carbocycles. The largest absolute Gasteiger partial charge is 0.490 e. The number of pyridine rings is 1. The van der Waals surface area contributed by atoms with Crippen molar-refractivity contribution >= 4 is 5.82 Å². The number of ether oxygens (including phenoxy) is 1. The van der Waals surface area contributed by atoms with Crippen LogP contribution >= 0.6 is 0 Å². The molecule has 0 saturated carbocycles. The zero-order valence-corrected chi connectivity index (χ0v) is 10.4. The van der Waals surface area contributed by atoms with Gasteiger partial charge >= 0.3 is 0 Å². The Bertz CT molecular complexity index is 356. The SMILES string of the molecule is CCCOc1cccnc1N1CCCC1CN. The lowest BCUT2D eigenvalue weighted by atomic mass is 10.2. The van der Waals surface area contributed by atoms with E-state index in [1.165, 1.54) is 6.42 Å². The summed E-state index contributed by atoms with van der Waals surface area (Å²) in [5, 5.41) is 0. The van der Waals surface area contributed by atoms with Crippen molar-refractivity contribution in [2.24, 2.45) is 5.73 Å². The minimum atomic E-state index is 0.411. The molecular weight excluding hydrogens is 214 g/mol. The Balaban J connectivity index is 2.18. The minimum absolute atomic E-state index is 0.411. The van der Waals surface area contributed by atoms with Crippen LogP contribution in [-0.4, -0.2) is 30.7 Å². The molecule has 17 heavy (non-hydrogen) atoms. The van der Waals surface area contributed by atoms with Gasteiger partial charge in [0.25, 0.3) is 0 Å². The summed E-state index contributed by atoms with van der Waals surface area (Å²) in [5.41, 5.74) is 5.80. The standard InChI is InChI=1S/C13H21N3O/c1-2-9-17-12-6-3-7-15-13(12)16-8-4-5-11(16)10-14/h3,6-7,11H,2,4-5,8-10,14H2,1H3. The van der Waals surface area contributed by atoms with E-state index >= 15 is 0 Å². The van der Waals surface area contributed by atoms with Gasteiger partial charge in [-0.2, -0.15) is 0 Å². The first-order chi connectivity index (χ1) is 8.36. The molecule has 1 aromatic heterocycles. The Morgan fingerprint density at radius 3 is 3.24 bits per heavy atom. The van der Waals surface area contributed by atoms with Gasteiger partial charge in [0.1, 0.15) is 0 Å². The maximum absolute atomic E-state index is 5.80. The van der Waals surface area contributed by atoms with Crippen LogP contribution in [0.25, 0.3) is 0 Å². The smallest absolute Gasteiger partial charge is 0.171 e. The molecular formula is C13H21N3O. The molecule has 0 amide bonds. The molecule has 1 saturated heterocycles. The third kappa shape index (κ3) is 2.69. The van der Waals surface area contributed by atoms with E-state index in [4.69, 9.17) is 10.5 Å². The molecule has 4 nitrogen and oxygen atoms in total. The van der Waals surface area contributed by atoms with Crippen LogP contribution in [0.5, 0.6) is 5.75 Å². The third-order valence-corrected chi connectivity index (χ3v) is 3.13. The Hall–Kier alpha value is -1.29. The van der Waals surface area contributed by atoms with Crippen LogP contribution in [-0.2, 0) is 0 Å². The van der Waals surface area contributed by atoms with Crippen molar-refractivity contribution in [1.82, 2.24) is 4.98 Å². The monoisotopic (exact) mass is 235 g/mol. The number of anilines is 1. The summed E-state index contributed by atoms with van der Waals surface area (Å²) in [4.78, 5) is 6.74. The summed E-state index contributed by atoms with van der Waals surface area (Å²) >= 11 is 0. The van der Waals surface area contributed by atoms with Crippen LogP contribution in [0.1, 0.15) is 26.2 Å². The van der Waals surface area contributed by atoms with E-state index in [0.717, 1.165) is 37.6 Å². The quantitative estimate of drug-likeness (QED) is 0.845. The maximum Gasteiger partial charge on any atom is 0.171 e. The molecule has 1 aliphatic rings. The lowest BCUT2D eigenvalue weighted by Crippen LogP contribution is -2.36. The average molecular weight is 235 g/mol. The van der Waals surface area contributed by atoms with Crippen LogP contribution in [0.15, 0.2) is 18.3 Å². The molecule has 2 N–H and O–H groups in total. The maximum atomic E-state index is 5.80. The van der Waals surface area contributed by atoms with Crippen LogP contribution < -0.4 is 15.4 Å². The van der Waals surface area contributed by atoms with Gasteiger partial charge in [0.2, 0.25) is 0 Å².